The van der Waals surface area contributed by atoms with Crippen molar-refractivity contribution in [1.29, 1.82) is 0 Å². The highest BCUT2D eigenvalue weighted by molar-refractivity contribution is 8.00. The van der Waals surface area contributed by atoms with Gasteiger partial charge in [-0.25, -0.2) is 4.98 Å². The van der Waals surface area contributed by atoms with Gasteiger partial charge in [-0.15, -0.1) is 5.10 Å². The second kappa shape index (κ2) is 5.53. The molecule has 1 amide bonds. The van der Waals surface area contributed by atoms with Crippen molar-refractivity contribution in [2.75, 3.05) is 0 Å². The van der Waals surface area contributed by atoms with Gasteiger partial charge in [0.25, 0.3) is 0 Å². The van der Waals surface area contributed by atoms with E-state index in [1.165, 1.54) is 37.4 Å². The van der Waals surface area contributed by atoms with Gasteiger partial charge in [-0.1, -0.05) is 37.4 Å². The summed E-state index contributed by atoms with van der Waals surface area (Å²) in [6.45, 7) is 1.76. The Balaban J connectivity index is 1.88. The average Bonchev–Trinajstić information content (AvgIpc) is 2.91. The third-order valence-electron chi connectivity index (χ3n) is 3.15. The van der Waals surface area contributed by atoms with Gasteiger partial charge in [0, 0.05) is 6.42 Å². The van der Waals surface area contributed by atoms with Crippen LogP contribution in [0, 0.1) is 5.92 Å². The molecule has 1 aromatic rings. The molecule has 1 aromatic heterocycles. The maximum Gasteiger partial charge on any atom is 0.230 e. The monoisotopic (exact) mass is 254 g/mol. The van der Waals surface area contributed by atoms with E-state index >= 15 is 0 Å². The number of nitrogens with two attached hydrogens (primary N) is 1. The second-order valence-electron chi connectivity index (χ2n) is 4.58. The van der Waals surface area contributed by atoms with Gasteiger partial charge in [0.15, 0.2) is 0 Å². The molecule has 0 spiro atoms. The predicted octanol–water partition coefficient (Wildman–Crippen LogP) is 1.50. The highest BCUT2D eigenvalue weighted by Crippen LogP contribution is 2.27. The molecule has 1 heterocycles. The van der Waals surface area contributed by atoms with Gasteiger partial charge >= 0.3 is 0 Å². The second-order valence-corrected chi connectivity index (χ2v) is 5.89. The molecule has 1 aliphatic rings. The summed E-state index contributed by atoms with van der Waals surface area (Å²) in [5.41, 5.74) is 5.20. The zero-order valence-corrected chi connectivity index (χ0v) is 10.8. The number of nitrogens with zero attached hydrogens (tertiary/aromatic N) is 2. The van der Waals surface area contributed by atoms with E-state index in [1.807, 2.05) is 0 Å². The highest BCUT2D eigenvalue weighted by atomic mass is 32.2. The molecule has 0 aliphatic heterocycles. The van der Waals surface area contributed by atoms with E-state index in [4.69, 9.17) is 5.73 Å². The molecule has 0 saturated heterocycles. The first-order valence-corrected chi connectivity index (χ1v) is 6.90. The summed E-state index contributed by atoms with van der Waals surface area (Å²) in [6, 6.07) is 0. The van der Waals surface area contributed by atoms with Crippen LogP contribution in [-0.2, 0) is 11.2 Å². The first-order chi connectivity index (χ1) is 8.15. The highest BCUT2D eigenvalue weighted by Gasteiger charge is 2.18. The average molecular weight is 254 g/mol. The van der Waals surface area contributed by atoms with E-state index in [1.54, 1.807) is 6.92 Å². The van der Waals surface area contributed by atoms with Crippen LogP contribution >= 0.6 is 11.8 Å². The van der Waals surface area contributed by atoms with E-state index in [9.17, 15) is 4.79 Å². The summed E-state index contributed by atoms with van der Waals surface area (Å²) in [6.07, 6.45) is 6.22. The quantitative estimate of drug-likeness (QED) is 0.780. The Kier molecular flexibility index (Phi) is 4.04. The van der Waals surface area contributed by atoms with Crippen LogP contribution in [0.15, 0.2) is 5.16 Å². The van der Waals surface area contributed by atoms with Crippen LogP contribution < -0.4 is 5.73 Å². The number of aromatic amines is 1. The molecule has 6 heteroatoms. The maximum absolute atomic E-state index is 10.9. The van der Waals surface area contributed by atoms with Crippen LogP contribution in [0.25, 0.3) is 0 Å². The largest absolute Gasteiger partial charge is 0.369 e. The SMILES string of the molecule is C[C@@H](Sc1n[nH]c(CC2CCCC2)n1)C(N)=O. The Morgan fingerprint density at radius 2 is 2.29 bits per heavy atom. The van der Waals surface area contributed by atoms with Crippen LogP contribution in [0.3, 0.4) is 0 Å². The number of hydrogen-bond acceptors (Lipinski definition) is 4. The summed E-state index contributed by atoms with van der Waals surface area (Å²) in [4.78, 5) is 15.3. The van der Waals surface area contributed by atoms with Crippen molar-refractivity contribution in [2.45, 2.75) is 49.4 Å². The zero-order chi connectivity index (χ0) is 12.3. The van der Waals surface area contributed by atoms with Crippen LogP contribution in [0.5, 0.6) is 0 Å². The van der Waals surface area contributed by atoms with Crippen LogP contribution in [0.1, 0.15) is 38.4 Å². The molecule has 1 aliphatic carbocycles. The zero-order valence-electron chi connectivity index (χ0n) is 9.98. The number of carbonyl (C=O) groups excluding carboxylic acids is 1. The van der Waals surface area contributed by atoms with Gasteiger partial charge in [0.1, 0.15) is 5.82 Å². The third kappa shape index (κ3) is 3.46. The van der Waals surface area contributed by atoms with Crippen molar-refractivity contribution in [1.82, 2.24) is 15.2 Å². The van der Waals surface area contributed by atoms with E-state index in [-0.39, 0.29) is 11.2 Å². The summed E-state index contributed by atoms with van der Waals surface area (Å²) in [5, 5.41) is 7.37. The van der Waals surface area contributed by atoms with E-state index in [0.29, 0.717) is 5.16 Å². The molecular weight excluding hydrogens is 236 g/mol. The van der Waals surface area contributed by atoms with E-state index in [0.717, 1.165) is 18.2 Å². The Morgan fingerprint density at radius 1 is 1.59 bits per heavy atom. The van der Waals surface area contributed by atoms with E-state index in [2.05, 4.69) is 15.2 Å². The minimum atomic E-state index is -0.336. The maximum atomic E-state index is 10.9. The minimum absolute atomic E-state index is 0.287. The number of carbonyl (C=O) groups is 1. The van der Waals surface area contributed by atoms with Crippen LogP contribution in [-0.4, -0.2) is 26.3 Å². The van der Waals surface area contributed by atoms with Crippen molar-refractivity contribution in [3.05, 3.63) is 5.82 Å². The van der Waals surface area contributed by atoms with Gasteiger partial charge < -0.3 is 5.73 Å². The fourth-order valence-electron chi connectivity index (χ4n) is 2.13. The molecule has 1 fully saturated rings. The van der Waals surface area contributed by atoms with Crippen molar-refractivity contribution in [2.24, 2.45) is 11.7 Å². The Bertz CT molecular complexity index is 387. The van der Waals surface area contributed by atoms with Gasteiger partial charge in [-0.2, -0.15) is 0 Å². The Morgan fingerprint density at radius 3 is 2.94 bits per heavy atom. The molecule has 1 atom stereocenters. The number of thioether (sulfide) groups is 1. The number of rotatable bonds is 5. The molecule has 1 saturated carbocycles. The molecule has 94 valence electrons. The summed E-state index contributed by atoms with van der Waals surface area (Å²) in [5.74, 6) is 1.34. The van der Waals surface area contributed by atoms with Gasteiger partial charge in [0.05, 0.1) is 5.25 Å². The predicted molar refractivity (Wildman–Crippen MR) is 66.6 cm³/mol. The fourth-order valence-corrected chi connectivity index (χ4v) is 2.82. The summed E-state index contributed by atoms with van der Waals surface area (Å²) < 4.78 is 0. The first kappa shape index (κ1) is 12.4. The van der Waals surface area contributed by atoms with Gasteiger partial charge in [-0.05, 0) is 12.8 Å². The molecule has 0 unspecified atom stereocenters. The molecular formula is C11H18N4OS. The lowest BCUT2D eigenvalue weighted by Crippen LogP contribution is -2.22. The molecule has 3 N–H and O–H groups in total. The number of aromatic nitrogens is 3. The molecule has 5 nitrogen and oxygen atoms in total. The molecule has 17 heavy (non-hydrogen) atoms. The smallest absolute Gasteiger partial charge is 0.230 e. The molecule has 0 bridgehead atoms. The van der Waals surface area contributed by atoms with Crippen molar-refractivity contribution < 1.29 is 4.79 Å². The first-order valence-electron chi connectivity index (χ1n) is 6.02. The van der Waals surface area contributed by atoms with Crippen molar-refractivity contribution in [3.63, 3.8) is 0 Å². The molecule has 2 rings (SSSR count). The van der Waals surface area contributed by atoms with Gasteiger partial charge in [-0.3, -0.25) is 9.89 Å². The van der Waals surface area contributed by atoms with E-state index < -0.39 is 0 Å². The lowest BCUT2D eigenvalue weighted by molar-refractivity contribution is -0.117. The van der Waals surface area contributed by atoms with Crippen LogP contribution in [0.2, 0.25) is 0 Å². The van der Waals surface area contributed by atoms with Crippen molar-refractivity contribution >= 4 is 17.7 Å². The normalized spacial score (nSPS) is 18.4. The van der Waals surface area contributed by atoms with Crippen molar-refractivity contribution in [3.8, 4) is 0 Å². The van der Waals surface area contributed by atoms with Gasteiger partial charge in [0.2, 0.25) is 11.1 Å². The lowest BCUT2D eigenvalue weighted by Gasteiger charge is -2.04. The molecule has 0 aromatic carbocycles. The fraction of sp³-hybridized carbons (Fsp3) is 0.727. The Hall–Kier alpha value is -1.04. The summed E-state index contributed by atoms with van der Waals surface area (Å²) in [7, 11) is 0. The standard InChI is InChI=1S/C11H18N4OS/c1-7(10(12)16)17-11-13-9(14-15-11)6-8-4-2-3-5-8/h7-8H,2-6H2,1H3,(H2,12,16)(H,13,14,15)/t7-/m1/s1. The third-order valence-corrected chi connectivity index (χ3v) is 4.13. The number of primary amides is 1. The number of hydrogen-bond donors (Lipinski definition) is 2. The Labute approximate surface area is 105 Å². The number of H-pyrrole nitrogens is 1. The molecule has 0 radical (unpaired) electrons. The number of amides is 1. The topological polar surface area (TPSA) is 84.7 Å². The number of nitrogens with one attached hydrogen (secondary N) is 1. The lowest BCUT2D eigenvalue weighted by atomic mass is 10.0. The van der Waals surface area contributed by atoms with Crippen LogP contribution in [0.4, 0.5) is 0 Å². The minimum Gasteiger partial charge on any atom is -0.369 e. The summed E-state index contributed by atoms with van der Waals surface area (Å²) >= 11 is 1.30.